The highest BCUT2D eigenvalue weighted by Crippen LogP contribution is 2.66. The molecule has 7 nitrogen and oxygen atoms in total. The number of benzene rings is 3. The van der Waals surface area contributed by atoms with Gasteiger partial charge in [-0.25, -0.2) is 0 Å². The summed E-state index contributed by atoms with van der Waals surface area (Å²) in [5.41, 5.74) is 2.35. The summed E-state index contributed by atoms with van der Waals surface area (Å²) in [6, 6.07) is 20.9. The van der Waals surface area contributed by atoms with Gasteiger partial charge in [0.2, 0.25) is 0 Å². The van der Waals surface area contributed by atoms with E-state index in [-0.39, 0.29) is 37.0 Å². The van der Waals surface area contributed by atoms with Crippen molar-refractivity contribution in [3.8, 4) is 22.6 Å². The Labute approximate surface area is 240 Å². The minimum Gasteiger partial charge on any atom is -0.508 e. The lowest BCUT2D eigenvalue weighted by atomic mass is 9.49. The van der Waals surface area contributed by atoms with Gasteiger partial charge in [0.25, 0.3) is 5.91 Å². The average Bonchev–Trinajstić information content (AvgIpc) is 3.70. The van der Waals surface area contributed by atoms with E-state index in [0.717, 1.165) is 35.3 Å². The summed E-state index contributed by atoms with van der Waals surface area (Å²) in [6.45, 7) is 1.71. The lowest BCUT2D eigenvalue weighted by Crippen LogP contribution is -2.75. The third-order valence-corrected chi connectivity index (χ3v) is 10.0. The molecular weight excluding hydrogens is 516 g/mol. The van der Waals surface area contributed by atoms with Crippen molar-refractivity contribution in [2.45, 2.75) is 62.7 Å². The van der Waals surface area contributed by atoms with Crippen molar-refractivity contribution in [2.24, 2.45) is 5.92 Å². The number of hydrogen-bond donors (Lipinski definition) is 4. The van der Waals surface area contributed by atoms with Crippen molar-refractivity contribution in [3.63, 3.8) is 0 Å². The number of carbonyl (C=O) groups excluding carboxylic acids is 1. The summed E-state index contributed by atoms with van der Waals surface area (Å²) in [6.07, 6.45) is 2.70. The summed E-state index contributed by atoms with van der Waals surface area (Å²) >= 11 is 0. The molecule has 8 rings (SSSR count). The second kappa shape index (κ2) is 9.10. The van der Waals surface area contributed by atoms with Crippen LogP contribution in [0, 0.1) is 5.92 Å². The number of aliphatic hydroxyl groups is 2. The van der Waals surface area contributed by atoms with Crippen molar-refractivity contribution >= 4 is 11.6 Å². The number of likely N-dealkylation sites (tertiary alicyclic amines) is 1. The van der Waals surface area contributed by atoms with Gasteiger partial charge in [-0.3, -0.25) is 9.69 Å². The molecule has 2 fully saturated rings. The molecule has 1 saturated heterocycles. The molecule has 4 N–H and O–H groups in total. The van der Waals surface area contributed by atoms with Gasteiger partial charge in [0, 0.05) is 30.3 Å². The second-order valence-electron chi connectivity index (χ2n) is 12.2. The van der Waals surface area contributed by atoms with Crippen molar-refractivity contribution < 1.29 is 24.9 Å². The van der Waals surface area contributed by atoms with Gasteiger partial charge in [-0.05, 0) is 73.0 Å². The Morgan fingerprint density at radius 2 is 1.80 bits per heavy atom. The summed E-state index contributed by atoms with van der Waals surface area (Å²) in [7, 11) is 0. The number of nitrogens with zero attached hydrogens (tertiary/aromatic N) is 1. The molecule has 0 aromatic heterocycles. The Hall–Kier alpha value is -3.81. The largest absolute Gasteiger partial charge is 0.508 e. The fraction of sp³-hybridized carbons (Fsp3) is 0.382. The molecule has 3 aromatic rings. The van der Waals surface area contributed by atoms with Crippen LogP contribution >= 0.6 is 0 Å². The first-order valence-electron chi connectivity index (χ1n) is 14.3. The highest BCUT2D eigenvalue weighted by Gasteiger charge is 2.73. The van der Waals surface area contributed by atoms with Crippen LogP contribution in [-0.2, 0) is 16.6 Å². The molecule has 0 unspecified atom stereocenters. The Morgan fingerprint density at radius 3 is 2.59 bits per heavy atom. The molecule has 1 amide bonds. The van der Waals surface area contributed by atoms with Crippen LogP contribution in [-0.4, -0.2) is 57.0 Å². The van der Waals surface area contributed by atoms with E-state index in [1.54, 1.807) is 6.07 Å². The number of aliphatic hydroxyl groups excluding tert-OH is 1. The van der Waals surface area contributed by atoms with Gasteiger partial charge in [0.15, 0.2) is 17.6 Å². The first-order valence-corrected chi connectivity index (χ1v) is 14.3. The van der Waals surface area contributed by atoms with Crippen LogP contribution < -0.4 is 10.1 Å². The van der Waals surface area contributed by atoms with E-state index >= 15 is 0 Å². The summed E-state index contributed by atoms with van der Waals surface area (Å²) in [5.74, 6) is 0.378. The van der Waals surface area contributed by atoms with Crippen molar-refractivity contribution in [1.82, 2.24) is 4.90 Å². The number of aromatic hydroxyl groups is 1. The zero-order valence-electron chi connectivity index (χ0n) is 22.1. The number of rotatable bonds is 5. The van der Waals surface area contributed by atoms with Crippen molar-refractivity contribution in [2.75, 3.05) is 18.4 Å². The van der Waals surface area contributed by atoms with E-state index in [9.17, 15) is 20.1 Å². The maximum Gasteiger partial charge on any atom is 0.255 e. The minimum atomic E-state index is -1.33. The van der Waals surface area contributed by atoms with Crippen LogP contribution in [0.5, 0.6) is 11.5 Å². The van der Waals surface area contributed by atoms with Gasteiger partial charge in [-0.1, -0.05) is 56.0 Å². The number of nitrogens with one attached hydrogen (secondary N) is 1. The smallest absolute Gasteiger partial charge is 0.255 e. The third-order valence-electron chi connectivity index (χ3n) is 10.0. The fourth-order valence-corrected chi connectivity index (χ4v) is 7.98. The number of carbonyl (C=O) groups is 1. The Kier molecular flexibility index (Phi) is 5.79. The summed E-state index contributed by atoms with van der Waals surface area (Å²) < 4.78 is 6.31. The number of phenolic OH excluding ortho intramolecular Hbond substituents is 1. The van der Waals surface area contributed by atoms with Gasteiger partial charge in [-0.15, -0.1) is 0 Å². The molecule has 3 aromatic carbocycles. The number of amides is 1. The van der Waals surface area contributed by atoms with E-state index < -0.39 is 23.0 Å². The van der Waals surface area contributed by atoms with E-state index in [1.807, 2.05) is 60.7 Å². The molecule has 5 aliphatic rings. The number of anilines is 1. The van der Waals surface area contributed by atoms with Crippen LogP contribution in [0.3, 0.4) is 0 Å². The van der Waals surface area contributed by atoms with E-state index in [1.165, 1.54) is 12.8 Å². The van der Waals surface area contributed by atoms with Crippen LogP contribution in [0.2, 0.25) is 0 Å². The molecule has 2 aliphatic heterocycles. The predicted molar refractivity (Wildman–Crippen MR) is 157 cm³/mol. The van der Waals surface area contributed by atoms with Crippen LogP contribution in [0.15, 0.2) is 78.1 Å². The second-order valence-corrected chi connectivity index (χ2v) is 12.2. The predicted octanol–water partition coefficient (Wildman–Crippen LogP) is 5.32. The molecule has 212 valence electrons. The molecular formula is C34H36N2O5. The normalized spacial score (nSPS) is 29.3. The SMILES string of the molecule is C.O=C(Nc1cccc(-c2ccccc2)c1)C1=C(O)[C@@H]2Oc3c(O)ccc4c3[C@@]23CCN(CC2CC2)[C@H](C4)[C@]3(O)C1. The van der Waals surface area contributed by atoms with Crippen LogP contribution in [0.25, 0.3) is 11.1 Å². The third kappa shape index (κ3) is 3.61. The topological polar surface area (TPSA) is 102 Å². The van der Waals surface area contributed by atoms with Crippen LogP contribution in [0.1, 0.15) is 44.2 Å². The number of hydrogen-bond acceptors (Lipinski definition) is 6. The molecule has 3 aliphatic carbocycles. The zero-order valence-corrected chi connectivity index (χ0v) is 22.1. The summed E-state index contributed by atoms with van der Waals surface area (Å²) in [4.78, 5) is 16.2. The molecule has 0 radical (unpaired) electrons. The first-order chi connectivity index (χ1) is 19.4. The van der Waals surface area contributed by atoms with Gasteiger partial charge in [0.1, 0.15) is 5.76 Å². The quantitative estimate of drug-likeness (QED) is 0.342. The molecule has 1 spiro atoms. The first kappa shape index (κ1) is 26.1. The Bertz CT molecular complexity index is 1580. The monoisotopic (exact) mass is 552 g/mol. The molecule has 2 bridgehead atoms. The summed E-state index contributed by atoms with van der Waals surface area (Å²) in [5, 5.41) is 38.1. The zero-order chi connectivity index (χ0) is 27.2. The Morgan fingerprint density at radius 1 is 1.02 bits per heavy atom. The van der Waals surface area contributed by atoms with Crippen LogP contribution in [0.4, 0.5) is 5.69 Å². The maximum atomic E-state index is 13.8. The maximum absolute atomic E-state index is 13.8. The molecule has 4 atom stereocenters. The standard InChI is InChI=1S/C33H32N2O5.CH4/c36-25-12-11-22-16-26-33(39)17-24(31(38)34-23-8-4-7-21(15-23)20-5-2-1-3-6-20)28(37)30-32(33,27(22)29(25)40-30)13-14-35(26)18-19-9-10-19;/h1-8,11-12,15,19,26,30,36-37,39H,9-10,13-14,16-18H2,(H,34,38);1H4/t26-,30+,32+,33-;/m1./s1. The highest BCUT2D eigenvalue weighted by molar-refractivity contribution is 6.05. The van der Waals surface area contributed by atoms with Gasteiger partial charge in [0.05, 0.1) is 16.6 Å². The molecule has 7 heteroatoms. The Balaban J connectivity index is 0.00000276. The lowest BCUT2D eigenvalue weighted by molar-refractivity contribution is -0.172. The lowest BCUT2D eigenvalue weighted by Gasteiger charge is -2.62. The number of phenols is 1. The highest BCUT2D eigenvalue weighted by atomic mass is 16.5. The van der Waals surface area contributed by atoms with Gasteiger partial charge < -0.3 is 25.4 Å². The van der Waals surface area contributed by atoms with E-state index in [4.69, 9.17) is 4.74 Å². The van der Waals surface area contributed by atoms with Crippen molar-refractivity contribution in [3.05, 3.63) is 89.2 Å². The molecule has 2 heterocycles. The van der Waals surface area contributed by atoms with E-state index in [0.29, 0.717) is 30.2 Å². The van der Waals surface area contributed by atoms with E-state index in [2.05, 4.69) is 10.2 Å². The van der Waals surface area contributed by atoms with Crippen molar-refractivity contribution in [1.29, 1.82) is 0 Å². The fourth-order valence-electron chi connectivity index (χ4n) is 7.98. The number of piperidine rings is 1. The van der Waals surface area contributed by atoms with Gasteiger partial charge in [-0.2, -0.15) is 0 Å². The van der Waals surface area contributed by atoms with Gasteiger partial charge >= 0.3 is 0 Å². The number of ether oxygens (including phenoxy) is 1. The minimum absolute atomic E-state index is 0. The molecule has 1 saturated carbocycles. The average molecular weight is 553 g/mol. The molecule has 41 heavy (non-hydrogen) atoms.